The summed E-state index contributed by atoms with van der Waals surface area (Å²) in [5, 5.41) is 12.3. The molecule has 0 radical (unpaired) electrons. The highest BCUT2D eigenvalue weighted by Gasteiger charge is 2.15. The maximum absolute atomic E-state index is 12.5. The predicted molar refractivity (Wildman–Crippen MR) is 113 cm³/mol. The predicted octanol–water partition coefficient (Wildman–Crippen LogP) is 4.48. The molecule has 27 heavy (non-hydrogen) atoms. The smallest absolute Gasteiger partial charge is 0.262 e. The minimum Gasteiger partial charge on any atom is -0.493 e. The van der Waals surface area contributed by atoms with Crippen molar-refractivity contribution in [3.63, 3.8) is 0 Å². The van der Waals surface area contributed by atoms with Crippen LogP contribution in [0.1, 0.15) is 31.0 Å². The Morgan fingerprint density at radius 1 is 1.33 bits per heavy atom. The number of nitriles is 1. The van der Waals surface area contributed by atoms with E-state index >= 15 is 0 Å². The highest BCUT2D eigenvalue weighted by molar-refractivity contribution is 14.1. The fourth-order valence-corrected chi connectivity index (χ4v) is 3.30. The summed E-state index contributed by atoms with van der Waals surface area (Å²) in [5.74, 6) is 0.792. The van der Waals surface area contributed by atoms with Gasteiger partial charge in [-0.2, -0.15) is 5.26 Å². The van der Waals surface area contributed by atoms with Crippen molar-refractivity contribution >= 4 is 34.6 Å². The quantitative estimate of drug-likeness (QED) is 0.364. The minimum atomic E-state index is -0.420. The molecule has 0 aliphatic heterocycles. The SMILES string of the molecule is CCOc1c(I)cc(/C=C(\C#N)C(=O)N[C@@H](C)c2ccccc2)cc1OC. The molecule has 2 aromatic rings. The third-order valence-electron chi connectivity index (χ3n) is 3.86. The molecule has 0 saturated heterocycles. The lowest BCUT2D eigenvalue weighted by Gasteiger charge is -2.14. The number of nitrogens with one attached hydrogen (secondary N) is 1. The summed E-state index contributed by atoms with van der Waals surface area (Å²) in [6.07, 6.45) is 1.55. The Bertz CT molecular complexity index is 873. The van der Waals surface area contributed by atoms with Gasteiger partial charge in [0.2, 0.25) is 0 Å². The number of hydrogen-bond acceptors (Lipinski definition) is 4. The largest absolute Gasteiger partial charge is 0.493 e. The molecule has 2 rings (SSSR count). The van der Waals surface area contributed by atoms with E-state index in [1.165, 1.54) is 0 Å². The number of ether oxygens (including phenoxy) is 2. The summed E-state index contributed by atoms with van der Waals surface area (Å²) in [7, 11) is 1.56. The van der Waals surface area contributed by atoms with Crippen molar-refractivity contribution in [2.24, 2.45) is 0 Å². The molecule has 0 fully saturated rings. The lowest BCUT2D eigenvalue weighted by atomic mass is 10.1. The van der Waals surface area contributed by atoms with Gasteiger partial charge in [0.25, 0.3) is 5.91 Å². The number of nitrogens with zero attached hydrogens (tertiary/aromatic N) is 1. The summed E-state index contributed by atoms with van der Waals surface area (Å²) in [4.78, 5) is 12.5. The summed E-state index contributed by atoms with van der Waals surface area (Å²) in [5.41, 5.74) is 1.69. The first kappa shape index (κ1) is 20.8. The summed E-state index contributed by atoms with van der Waals surface area (Å²) in [6.45, 7) is 4.30. The highest BCUT2D eigenvalue weighted by atomic mass is 127. The monoisotopic (exact) mass is 476 g/mol. The van der Waals surface area contributed by atoms with Crippen molar-refractivity contribution in [1.29, 1.82) is 5.26 Å². The van der Waals surface area contributed by atoms with Crippen molar-refractivity contribution in [2.45, 2.75) is 19.9 Å². The van der Waals surface area contributed by atoms with Gasteiger partial charge in [0.05, 0.1) is 23.3 Å². The molecule has 140 valence electrons. The number of carbonyl (C=O) groups is 1. The second kappa shape index (κ2) is 9.97. The van der Waals surface area contributed by atoms with Crippen LogP contribution in [0.4, 0.5) is 0 Å². The van der Waals surface area contributed by atoms with Crippen molar-refractivity contribution in [3.8, 4) is 17.6 Å². The summed E-state index contributed by atoms with van der Waals surface area (Å²) in [6, 6.07) is 15.0. The van der Waals surface area contributed by atoms with Crippen molar-refractivity contribution in [2.75, 3.05) is 13.7 Å². The molecule has 1 N–H and O–H groups in total. The van der Waals surface area contributed by atoms with Gasteiger partial charge >= 0.3 is 0 Å². The number of halogens is 1. The molecule has 5 nitrogen and oxygen atoms in total. The second-order valence-corrected chi connectivity index (χ2v) is 6.90. The van der Waals surface area contributed by atoms with E-state index in [1.807, 2.05) is 56.3 Å². The lowest BCUT2D eigenvalue weighted by Crippen LogP contribution is -2.27. The Balaban J connectivity index is 2.26. The van der Waals surface area contributed by atoms with Crippen molar-refractivity contribution < 1.29 is 14.3 Å². The second-order valence-electron chi connectivity index (χ2n) is 5.74. The zero-order valence-corrected chi connectivity index (χ0v) is 17.6. The molecule has 0 aliphatic carbocycles. The number of amides is 1. The molecule has 0 spiro atoms. The first-order valence-electron chi connectivity index (χ1n) is 8.48. The van der Waals surface area contributed by atoms with Crippen LogP contribution in [0.2, 0.25) is 0 Å². The molecule has 1 amide bonds. The fraction of sp³-hybridized carbons (Fsp3) is 0.238. The van der Waals surface area contributed by atoms with Gasteiger partial charge in [0.15, 0.2) is 11.5 Å². The molecule has 0 aliphatic rings. The maximum atomic E-state index is 12.5. The van der Waals surface area contributed by atoms with Crippen LogP contribution in [0.25, 0.3) is 6.08 Å². The van der Waals surface area contributed by atoms with Crippen molar-refractivity contribution in [3.05, 3.63) is 62.7 Å². The normalized spacial score (nSPS) is 12.0. The van der Waals surface area contributed by atoms with E-state index in [9.17, 15) is 10.1 Å². The third-order valence-corrected chi connectivity index (χ3v) is 4.66. The average molecular weight is 476 g/mol. The lowest BCUT2D eigenvalue weighted by molar-refractivity contribution is -0.117. The van der Waals surface area contributed by atoms with Gasteiger partial charge in [0.1, 0.15) is 11.6 Å². The van der Waals surface area contributed by atoms with Crippen LogP contribution in [-0.4, -0.2) is 19.6 Å². The van der Waals surface area contributed by atoms with Gasteiger partial charge in [-0.3, -0.25) is 4.79 Å². The van der Waals surface area contributed by atoms with E-state index in [1.54, 1.807) is 19.3 Å². The van der Waals surface area contributed by atoms with Gasteiger partial charge in [-0.15, -0.1) is 0 Å². The highest BCUT2D eigenvalue weighted by Crippen LogP contribution is 2.34. The summed E-state index contributed by atoms with van der Waals surface area (Å²) < 4.78 is 11.8. The fourth-order valence-electron chi connectivity index (χ4n) is 2.52. The maximum Gasteiger partial charge on any atom is 0.262 e. The van der Waals surface area contributed by atoms with Crippen LogP contribution in [0.3, 0.4) is 0 Å². The molecule has 1 atom stereocenters. The van der Waals surface area contributed by atoms with E-state index in [4.69, 9.17) is 9.47 Å². The van der Waals surface area contributed by atoms with Crippen LogP contribution in [-0.2, 0) is 4.79 Å². The van der Waals surface area contributed by atoms with E-state index in [0.29, 0.717) is 23.7 Å². The van der Waals surface area contributed by atoms with Crippen LogP contribution in [0.15, 0.2) is 48.0 Å². The Labute approximate surface area is 173 Å². The van der Waals surface area contributed by atoms with Crippen LogP contribution >= 0.6 is 22.6 Å². The Morgan fingerprint density at radius 2 is 2.04 bits per heavy atom. The first-order chi connectivity index (χ1) is 13.0. The minimum absolute atomic E-state index is 0.0276. The van der Waals surface area contributed by atoms with Gasteiger partial charge in [-0.05, 0) is 65.8 Å². The van der Waals surface area contributed by atoms with E-state index in [0.717, 1.165) is 9.13 Å². The zero-order chi connectivity index (χ0) is 19.8. The summed E-state index contributed by atoms with van der Waals surface area (Å²) >= 11 is 2.14. The standard InChI is InChI=1S/C21H21IN2O3/c1-4-27-20-18(22)11-15(12-19(20)26-3)10-17(13-23)21(25)24-14(2)16-8-6-5-7-9-16/h5-12,14H,4H2,1-3H3,(H,24,25)/b17-10+/t14-/m0/s1. The van der Waals surface area contributed by atoms with Gasteiger partial charge in [-0.25, -0.2) is 0 Å². The number of methoxy groups -OCH3 is 1. The molecule has 0 aromatic heterocycles. The molecule has 0 unspecified atom stereocenters. The number of hydrogen-bond donors (Lipinski definition) is 1. The zero-order valence-electron chi connectivity index (χ0n) is 15.5. The van der Waals surface area contributed by atoms with Gasteiger partial charge < -0.3 is 14.8 Å². The Kier molecular flexibility index (Phi) is 7.67. The van der Waals surface area contributed by atoms with Crippen LogP contribution in [0, 0.1) is 14.9 Å². The molecule has 6 heteroatoms. The molecule has 0 heterocycles. The number of carbonyl (C=O) groups excluding carboxylic acids is 1. The van der Waals surface area contributed by atoms with Gasteiger partial charge in [0, 0.05) is 0 Å². The molecule has 0 bridgehead atoms. The molecule has 2 aromatic carbocycles. The average Bonchev–Trinajstić information content (AvgIpc) is 2.68. The van der Waals surface area contributed by atoms with Crippen LogP contribution < -0.4 is 14.8 Å². The molecular weight excluding hydrogens is 455 g/mol. The van der Waals surface area contributed by atoms with E-state index in [-0.39, 0.29) is 11.6 Å². The van der Waals surface area contributed by atoms with Gasteiger partial charge in [-0.1, -0.05) is 30.3 Å². The third kappa shape index (κ3) is 5.47. The van der Waals surface area contributed by atoms with E-state index in [2.05, 4.69) is 27.9 Å². The molecular formula is C21H21IN2O3. The van der Waals surface area contributed by atoms with Crippen LogP contribution in [0.5, 0.6) is 11.5 Å². The van der Waals surface area contributed by atoms with Crippen molar-refractivity contribution in [1.82, 2.24) is 5.32 Å². The van der Waals surface area contributed by atoms with E-state index < -0.39 is 5.91 Å². The topological polar surface area (TPSA) is 71.3 Å². The molecule has 0 saturated carbocycles. The Hall–Kier alpha value is -2.53. The number of rotatable bonds is 7. The number of benzene rings is 2. The first-order valence-corrected chi connectivity index (χ1v) is 9.56. The Morgan fingerprint density at radius 3 is 2.63 bits per heavy atom.